The van der Waals surface area contributed by atoms with Crippen molar-refractivity contribution in [2.24, 2.45) is 5.92 Å². The van der Waals surface area contributed by atoms with E-state index >= 15 is 0 Å². The van der Waals surface area contributed by atoms with Crippen LogP contribution >= 0.6 is 0 Å². The molecule has 0 aliphatic carbocycles. The second-order valence-electron chi connectivity index (χ2n) is 5.20. The summed E-state index contributed by atoms with van der Waals surface area (Å²) < 4.78 is 16.0. The van der Waals surface area contributed by atoms with Crippen LogP contribution in [0.2, 0.25) is 0 Å². The molecule has 0 fully saturated rings. The van der Waals surface area contributed by atoms with Gasteiger partial charge in [-0.15, -0.1) is 0 Å². The Kier molecular flexibility index (Phi) is 3.56. The summed E-state index contributed by atoms with van der Waals surface area (Å²) in [5.41, 5.74) is 0.773. The summed E-state index contributed by atoms with van der Waals surface area (Å²) in [4.78, 5) is 14.2. The van der Waals surface area contributed by atoms with Gasteiger partial charge in [-0.3, -0.25) is 4.79 Å². The average molecular weight is 287 g/mol. The van der Waals surface area contributed by atoms with Gasteiger partial charge in [-0.2, -0.15) is 0 Å². The number of benzene rings is 1. The molecule has 0 saturated heterocycles. The first kappa shape index (κ1) is 13.5. The lowest BCUT2D eigenvalue weighted by Crippen LogP contribution is -2.33. The summed E-state index contributed by atoms with van der Waals surface area (Å²) in [6.07, 6.45) is 1.60. The van der Waals surface area contributed by atoms with E-state index < -0.39 is 0 Å². The van der Waals surface area contributed by atoms with Crippen LogP contribution in [-0.4, -0.2) is 12.7 Å². The van der Waals surface area contributed by atoms with Gasteiger partial charge in [-0.05, 0) is 24.3 Å². The molecule has 0 unspecified atom stereocenters. The molecule has 0 spiro atoms. The number of fused-ring (bicyclic) bond motifs is 1. The lowest BCUT2D eigenvalue weighted by Gasteiger charge is -2.24. The Morgan fingerprint density at radius 3 is 2.76 bits per heavy atom. The van der Waals surface area contributed by atoms with E-state index in [0.717, 1.165) is 11.4 Å². The lowest BCUT2D eigenvalue weighted by molar-refractivity contribution is -0.121. The first-order valence-electron chi connectivity index (χ1n) is 6.88. The predicted octanol–water partition coefficient (Wildman–Crippen LogP) is 3.20. The van der Waals surface area contributed by atoms with Crippen LogP contribution in [0.25, 0.3) is 0 Å². The monoisotopic (exact) mass is 287 g/mol. The highest BCUT2D eigenvalue weighted by atomic mass is 16.7. The van der Waals surface area contributed by atoms with Crippen LogP contribution in [-0.2, 0) is 11.3 Å². The third-order valence-electron chi connectivity index (χ3n) is 3.32. The molecule has 21 heavy (non-hydrogen) atoms. The van der Waals surface area contributed by atoms with Crippen molar-refractivity contribution in [2.75, 3.05) is 11.7 Å². The third kappa shape index (κ3) is 2.72. The maximum atomic E-state index is 12.5. The summed E-state index contributed by atoms with van der Waals surface area (Å²) in [5.74, 6) is 2.03. The zero-order chi connectivity index (χ0) is 14.8. The molecule has 0 N–H and O–H groups in total. The van der Waals surface area contributed by atoms with Gasteiger partial charge in [0.1, 0.15) is 5.76 Å². The predicted molar refractivity (Wildman–Crippen MR) is 77.3 cm³/mol. The molecule has 1 aliphatic rings. The molecule has 0 atom stereocenters. The van der Waals surface area contributed by atoms with Crippen LogP contribution < -0.4 is 14.4 Å². The van der Waals surface area contributed by atoms with Crippen LogP contribution in [0.4, 0.5) is 5.69 Å². The number of carbonyl (C=O) groups excluding carboxylic acids is 1. The third-order valence-corrected chi connectivity index (χ3v) is 3.32. The SMILES string of the molecule is CC(C)C(=O)N(Cc1ccco1)c1ccc2c(c1)OCO2. The summed E-state index contributed by atoms with van der Waals surface area (Å²) in [6, 6.07) is 9.17. The number of furan rings is 1. The Morgan fingerprint density at radius 1 is 1.24 bits per heavy atom. The second-order valence-corrected chi connectivity index (χ2v) is 5.20. The molecule has 0 saturated carbocycles. The van der Waals surface area contributed by atoms with Crippen molar-refractivity contribution in [1.82, 2.24) is 0 Å². The maximum Gasteiger partial charge on any atom is 0.231 e. The molecule has 5 nitrogen and oxygen atoms in total. The zero-order valence-corrected chi connectivity index (χ0v) is 12.0. The molecule has 5 heteroatoms. The number of hydrogen-bond donors (Lipinski definition) is 0. The quantitative estimate of drug-likeness (QED) is 0.866. The molecule has 0 bridgehead atoms. The molecule has 3 rings (SSSR count). The summed E-state index contributed by atoms with van der Waals surface area (Å²) in [6.45, 7) is 4.37. The lowest BCUT2D eigenvalue weighted by atomic mass is 10.1. The highest BCUT2D eigenvalue weighted by Crippen LogP contribution is 2.36. The molecular formula is C16H17NO4. The van der Waals surface area contributed by atoms with E-state index in [2.05, 4.69) is 0 Å². The number of hydrogen-bond acceptors (Lipinski definition) is 4. The summed E-state index contributed by atoms with van der Waals surface area (Å²) in [7, 11) is 0. The second kappa shape index (κ2) is 5.52. The fourth-order valence-corrected chi connectivity index (χ4v) is 2.22. The fourth-order valence-electron chi connectivity index (χ4n) is 2.22. The minimum atomic E-state index is -0.106. The van der Waals surface area contributed by atoms with Gasteiger partial charge < -0.3 is 18.8 Å². The van der Waals surface area contributed by atoms with E-state index in [4.69, 9.17) is 13.9 Å². The van der Waals surface area contributed by atoms with Crippen molar-refractivity contribution in [3.8, 4) is 11.5 Å². The van der Waals surface area contributed by atoms with Crippen LogP contribution in [0.3, 0.4) is 0 Å². The molecule has 2 aromatic rings. The highest BCUT2D eigenvalue weighted by Gasteiger charge is 2.23. The number of nitrogens with zero attached hydrogens (tertiary/aromatic N) is 1. The molecule has 1 aliphatic heterocycles. The van der Waals surface area contributed by atoms with Crippen LogP contribution in [0, 0.1) is 5.92 Å². The Labute approximate surface area is 123 Å². The molecule has 1 aromatic heterocycles. The molecular weight excluding hydrogens is 270 g/mol. The molecule has 1 amide bonds. The number of anilines is 1. The van der Waals surface area contributed by atoms with E-state index in [-0.39, 0.29) is 18.6 Å². The first-order chi connectivity index (χ1) is 10.1. The van der Waals surface area contributed by atoms with E-state index in [1.165, 1.54) is 0 Å². The van der Waals surface area contributed by atoms with Gasteiger partial charge in [0, 0.05) is 17.7 Å². The van der Waals surface area contributed by atoms with Crippen molar-refractivity contribution >= 4 is 11.6 Å². The van der Waals surface area contributed by atoms with Crippen molar-refractivity contribution in [3.05, 3.63) is 42.4 Å². The van der Waals surface area contributed by atoms with Crippen LogP contribution in [0.5, 0.6) is 11.5 Å². The Balaban J connectivity index is 1.92. The normalized spacial score (nSPS) is 12.7. The summed E-state index contributed by atoms with van der Waals surface area (Å²) in [5, 5.41) is 0. The standard InChI is InChI=1S/C16H17NO4/c1-11(2)16(18)17(9-13-4-3-7-19-13)12-5-6-14-15(8-12)21-10-20-14/h3-8,11H,9-10H2,1-2H3. The van der Waals surface area contributed by atoms with Gasteiger partial charge in [-0.25, -0.2) is 0 Å². The highest BCUT2D eigenvalue weighted by molar-refractivity contribution is 5.94. The molecule has 2 heterocycles. The van der Waals surface area contributed by atoms with Crippen molar-refractivity contribution in [1.29, 1.82) is 0 Å². The van der Waals surface area contributed by atoms with E-state index in [1.54, 1.807) is 11.2 Å². The number of carbonyl (C=O) groups is 1. The number of ether oxygens (including phenoxy) is 2. The van der Waals surface area contributed by atoms with Gasteiger partial charge in [0.05, 0.1) is 12.8 Å². The van der Waals surface area contributed by atoms with Crippen LogP contribution in [0.15, 0.2) is 41.0 Å². The van der Waals surface area contributed by atoms with E-state index in [9.17, 15) is 4.79 Å². The molecule has 0 radical (unpaired) electrons. The van der Waals surface area contributed by atoms with Crippen molar-refractivity contribution < 1.29 is 18.7 Å². The Morgan fingerprint density at radius 2 is 2.05 bits per heavy atom. The van der Waals surface area contributed by atoms with Gasteiger partial charge in [0.2, 0.25) is 12.7 Å². The van der Waals surface area contributed by atoms with Crippen molar-refractivity contribution in [3.63, 3.8) is 0 Å². The minimum Gasteiger partial charge on any atom is -0.467 e. The Bertz CT molecular complexity index is 634. The van der Waals surface area contributed by atoms with Crippen LogP contribution in [0.1, 0.15) is 19.6 Å². The Hall–Kier alpha value is -2.43. The van der Waals surface area contributed by atoms with Gasteiger partial charge in [-0.1, -0.05) is 13.8 Å². The number of rotatable bonds is 4. The largest absolute Gasteiger partial charge is 0.467 e. The first-order valence-corrected chi connectivity index (χ1v) is 6.88. The average Bonchev–Trinajstić information content (AvgIpc) is 3.14. The molecule has 110 valence electrons. The zero-order valence-electron chi connectivity index (χ0n) is 12.0. The van der Waals surface area contributed by atoms with Gasteiger partial charge in [0.15, 0.2) is 11.5 Å². The molecule has 1 aromatic carbocycles. The van der Waals surface area contributed by atoms with E-state index in [0.29, 0.717) is 18.0 Å². The van der Waals surface area contributed by atoms with Gasteiger partial charge in [0.25, 0.3) is 0 Å². The smallest absolute Gasteiger partial charge is 0.231 e. The topological polar surface area (TPSA) is 51.9 Å². The summed E-state index contributed by atoms with van der Waals surface area (Å²) >= 11 is 0. The van der Waals surface area contributed by atoms with Gasteiger partial charge >= 0.3 is 0 Å². The number of amides is 1. The van der Waals surface area contributed by atoms with Crippen molar-refractivity contribution in [2.45, 2.75) is 20.4 Å². The minimum absolute atomic E-state index is 0.0327. The maximum absolute atomic E-state index is 12.5. The fraction of sp³-hybridized carbons (Fsp3) is 0.312. The van der Waals surface area contributed by atoms with E-state index in [1.807, 2.05) is 44.2 Å².